The molecule has 5 heteroatoms. The average Bonchev–Trinajstić information content (AvgIpc) is 2.70. The highest BCUT2D eigenvalue weighted by Gasteiger charge is 2.44. The number of ether oxygens (including phenoxy) is 2. The van der Waals surface area contributed by atoms with Gasteiger partial charge in [-0.15, -0.1) is 0 Å². The molecular weight excluding hydrogens is 364 g/mol. The molecule has 0 aliphatic carbocycles. The third-order valence-corrected chi connectivity index (χ3v) is 5.27. The van der Waals surface area contributed by atoms with Crippen molar-refractivity contribution in [2.75, 3.05) is 18.8 Å². The summed E-state index contributed by atoms with van der Waals surface area (Å²) in [6, 6.07) is 13.3. The lowest BCUT2D eigenvalue weighted by atomic mass is 10.0. The molecule has 1 amide bonds. The Morgan fingerprint density at radius 3 is 2.07 bits per heavy atom. The highest BCUT2D eigenvalue weighted by atomic mass is 16.5. The summed E-state index contributed by atoms with van der Waals surface area (Å²) in [4.78, 5) is 13.8. The van der Waals surface area contributed by atoms with Crippen LogP contribution >= 0.6 is 0 Å². The Morgan fingerprint density at radius 2 is 1.48 bits per heavy atom. The van der Waals surface area contributed by atoms with Gasteiger partial charge in [-0.3, -0.25) is 0 Å². The molecule has 29 heavy (non-hydrogen) atoms. The van der Waals surface area contributed by atoms with E-state index in [0.29, 0.717) is 22.7 Å². The Bertz CT molecular complexity index is 841. The van der Waals surface area contributed by atoms with E-state index in [1.54, 1.807) is 0 Å². The number of piperidine rings is 1. The van der Waals surface area contributed by atoms with Crippen LogP contribution in [0, 0.1) is 0 Å². The van der Waals surface area contributed by atoms with Gasteiger partial charge in [0.15, 0.2) is 11.4 Å². The van der Waals surface area contributed by atoms with E-state index in [1.165, 1.54) is 0 Å². The maximum atomic E-state index is 13.8. The van der Waals surface area contributed by atoms with E-state index < -0.39 is 0 Å². The number of hydrogen-bond acceptors (Lipinski definition) is 4. The first-order valence-corrected chi connectivity index (χ1v) is 10.6. The van der Waals surface area contributed by atoms with E-state index in [0.717, 1.165) is 38.0 Å². The first kappa shape index (κ1) is 21.2. The van der Waals surface area contributed by atoms with Crippen LogP contribution in [0.15, 0.2) is 42.5 Å². The van der Waals surface area contributed by atoms with Gasteiger partial charge < -0.3 is 15.2 Å². The highest BCUT2D eigenvalue weighted by molar-refractivity contribution is 6.03. The quantitative estimate of drug-likeness (QED) is 0.539. The Kier molecular flexibility index (Phi) is 6.48. The van der Waals surface area contributed by atoms with Gasteiger partial charge in [0.2, 0.25) is 0 Å². The van der Waals surface area contributed by atoms with E-state index in [9.17, 15) is 4.79 Å². The van der Waals surface area contributed by atoms with E-state index in [1.807, 2.05) is 70.2 Å². The van der Waals surface area contributed by atoms with Crippen molar-refractivity contribution in [1.82, 2.24) is 4.48 Å². The van der Waals surface area contributed by atoms with Crippen molar-refractivity contribution in [2.24, 2.45) is 0 Å². The second-order valence-corrected chi connectivity index (χ2v) is 8.34. The number of nitrogens with two attached hydrogens (primary N) is 1. The molecule has 1 saturated heterocycles. The summed E-state index contributed by atoms with van der Waals surface area (Å²) in [5, 5.41) is 0. The van der Waals surface area contributed by atoms with Gasteiger partial charge in [0, 0.05) is 12.1 Å². The Balaban J connectivity index is 2.19. The molecule has 156 valence electrons. The molecule has 1 aliphatic heterocycles. The molecule has 2 N–H and O–H groups in total. The Morgan fingerprint density at radius 1 is 0.897 bits per heavy atom. The molecule has 0 saturated carbocycles. The molecule has 1 heterocycles. The second kappa shape index (κ2) is 8.87. The molecule has 0 spiro atoms. The standard InChI is InChI=1S/C24H33N2O3/c1-17(2)28-22-16-21(23(15-20(22)25)29-18(3)4)26(13-9-6-10-14-26)24(27)19-11-7-5-8-12-19/h5,7-8,11-12,15-18H,6,9-10,13-14,25H2,1-4H3/q+1. The lowest BCUT2D eigenvalue weighted by Crippen LogP contribution is -2.57. The monoisotopic (exact) mass is 397 g/mol. The number of benzene rings is 2. The van der Waals surface area contributed by atoms with Crippen molar-refractivity contribution < 1.29 is 14.3 Å². The van der Waals surface area contributed by atoms with Crippen molar-refractivity contribution in [3.8, 4) is 11.5 Å². The topological polar surface area (TPSA) is 61.5 Å². The number of carbonyl (C=O) groups is 1. The fraction of sp³-hybridized carbons (Fsp3) is 0.458. The van der Waals surface area contributed by atoms with Crippen LogP contribution in [0.25, 0.3) is 0 Å². The normalized spacial score (nSPS) is 16.1. The summed E-state index contributed by atoms with van der Waals surface area (Å²) in [5.41, 5.74) is 8.37. The van der Waals surface area contributed by atoms with Crippen LogP contribution in [0.1, 0.15) is 57.3 Å². The number of anilines is 1. The molecule has 0 aromatic heterocycles. The molecule has 1 aliphatic rings. The zero-order chi connectivity index (χ0) is 21.0. The van der Waals surface area contributed by atoms with Crippen LogP contribution in [-0.4, -0.2) is 31.2 Å². The molecule has 2 aromatic carbocycles. The van der Waals surface area contributed by atoms with Crippen LogP contribution in [-0.2, 0) is 0 Å². The molecule has 3 rings (SSSR count). The predicted octanol–water partition coefficient (Wildman–Crippen LogP) is 5.17. The summed E-state index contributed by atoms with van der Waals surface area (Å²) < 4.78 is 12.3. The van der Waals surface area contributed by atoms with Crippen molar-refractivity contribution >= 4 is 17.3 Å². The van der Waals surface area contributed by atoms with E-state index in [2.05, 4.69) is 0 Å². The van der Waals surface area contributed by atoms with E-state index in [-0.39, 0.29) is 22.6 Å². The minimum Gasteiger partial charge on any atom is -0.489 e. The van der Waals surface area contributed by atoms with Gasteiger partial charge in [0.25, 0.3) is 0 Å². The van der Waals surface area contributed by atoms with Gasteiger partial charge >= 0.3 is 5.91 Å². The van der Waals surface area contributed by atoms with E-state index in [4.69, 9.17) is 15.2 Å². The number of amides is 1. The third kappa shape index (κ3) is 4.56. The lowest BCUT2D eigenvalue weighted by molar-refractivity contribution is 0.0723. The number of hydrogen-bond donors (Lipinski definition) is 1. The molecule has 5 nitrogen and oxygen atoms in total. The van der Waals surface area contributed by atoms with Crippen molar-refractivity contribution in [3.63, 3.8) is 0 Å². The molecule has 0 atom stereocenters. The molecule has 0 bridgehead atoms. The summed E-state index contributed by atoms with van der Waals surface area (Å²) in [5.74, 6) is 1.37. The molecule has 0 unspecified atom stereocenters. The largest absolute Gasteiger partial charge is 0.489 e. The van der Waals surface area contributed by atoms with Crippen molar-refractivity contribution in [3.05, 3.63) is 48.0 Å². The molecule has 1 fully saturated rings. The highest BCUT2D eigenvalue weighted by Crippen LogP contribution is 2.44. The van der Waals surface area contributed by atoms with Crippen LogP contribution in [0.3, 0.4) is 0 Å². The number of likely N-dealkylation sites (tertiary alicyclic amines) is 1. The van der Waals surface area contributed by atoms with Gasteiger partial charge in [0.1, 0.15) is 5.75 Å². The third-order valence-electron chi connectivity index (χ3n) is 5.27. The summed E-state index contributed by atoms with van der Waals surface area (Å²) in [6.07, 6.45) is 3.07. The molecule has 2 aromatic rings. The van der Waals surface area contributed by atoms with Gasteiger partial charge in [-0.25, -0.2) is 9.28 Å². The first-order chi connectivity index (χ1) is 13.8. The molecule has 0 radical (unpaired) electrons. The fourth-order valence-corrected chi connectivity index (χ4v) is 4.04. The number of carbonyl (C=O) groups excluding carboxylic acids is 1. The van der Waals surface area contributed by atoms with Crippen LogP contribution in [0.4, 0.5) is 11.4 Å². The van der Waals surface area contributed by atoms with Crippen LogP contribution in [0.2, 0.25) is 0 Å². The van der Waals surface area contributed by atoms with Crippen molar-refractivity contribution in [1.29, 1.82) is 0 Å². The zero-order valence-electron chi connectivity index (χ0n) is 18.0. The van der Waals surface area contributed by atoms with Crippen molar-refractivity contribution in [2.45, 2.75) is 59.2 Å². The van der Waals surface area contributed by atoms with Crippen LogP contribution in [0.5, 0.6) is 11.5 Å². The zero-order valence-corrected chi connectivity index (χ0v) is 18.0. The number of nitrogen functional groups attached to an aromatic ring is 1. The summed E-state index contributed by atoms with van der Waals surface area (Å²) in [7, 11) is 0. The SMILES string of the molecule is CC(C)Oc1cc([N+]2(C(=O)c3ccccc3)CCCCC2)c(OC(C)C)cc1N. The Labute approximate surface area is 174 Å². The number of rotatable bonds is 6. The first-order valence-electron chi connectivity index (χ1n) is 10.6. The van der Waals surface area contributed by atoms with Gasteiger partial charge in [-0.05, 0) is 59.1 Å². The molecular formula is C24H33N2O3+. The minimum absolute atomic E-state index is 0.0124. The number of quaternary nitrogens is 1. The average molecular weight is 398 g/mol. The number of nitrogens with zero attached hydrogens (tertiary/aromatic N) is 1. The van der Waals surface area contributed by atoms with Gasteiger partial charge in [-0.1, -0.05) is 18.2 Å². The summed E-state index contributed by atoms with van der Waals surface area (Å²) >= 11 is 0. The smallest absolute Gasteiger partial charge is 0.351 e. The van der Waals surface area contributed by atoms with Gasteiger partial charge in [-0.2, -0.15) is 0 Å². The van der Waals surface area contributed by atoms with Gasteiger partial charge in [0.05, 0.1) is 36.5 Å². The second-order valence-electron chi connectivity index (χ2n) is 8.34. The van der Waals surface area contributed by atoms with E-state index >= 15 is 0 Å². The van der Waals surface area contributed by atoms with Crippen LogP contribution < -0.4 is 19.7 Å². The lowest BCUT2D eigenvalue weighted by Gasteiger charge is -2.39. The Hall–Kier alpha value is -2.53. The predicted molar refractivity (Wildman–Crippen MR) is 119 cm³/mol. The fourth-order valence-electron chi connectivity index (χ4n) is 4.04. The maximum absolute atomic E-state index is 13.8. The maximum Gasteiger partial charge on any atom is 0.351 e. The summed E-state index contributed by atoms with van der Waals surface area (Å²) in [6.45, 7) is 9.40. The minimum atomic E-state index is -0.0262.